The second-order valence-corrected chi connectivity index (χ2v) is 5.94. The van der Waals surface area contributed by atoms with Crippen molar-refractivity contribution in [1.29, 1.82) is 0 Å². The molecular formula is C17H21N5O3. The van der Waals surface area contributed by atoms with E-state index in [1.807, 2.05) is 0 Å². The van der Waals surface area contributed by atoms with Gasteiger partial charge in [0.1, 0.15) is 12.8 Å². The lowest BCUT2D eigenvalue weighted by Gasteiger charge is -2.25. The molecule has 3 rings (SSSR count). The Morgan fingerprint density at radius 3 is 2.64 bits per heavy atom. The molecular weight excluding hydrogens is 322 g/mol. The van der Waals surface area contributed by atoms with Crippen molar-refractivity contribution in [3.8, 4) is 0 Å². The summed E-state index contributed by atoms with van der Waals surface area (Å²) in [4.78, 5) is 32.8. The second kappa shape index (κ2) is 8.39. The molecule has 0 atom stereocenters. The van der Waals surface area contributed by atoms with Crippen molar-refractivity contribution in [2.75, 3.05) is 38.0 Å². The molecule has 2 aromatic rings. The number of carbonyl (C=O) groups excluding carboxylic acids is 2. The maximum absolute atomic E-state index is 12.8. The topological polar surface area (TPSA) is 91.6 Å². The van der Waals surface area contributed by atoms with Gasteiger partial charge in [0.25, 0.3) is 5.91 Å². The van der Waals surface area contributed by atoms with E-state index in [4.69, 9.17) is 4.52 Å². The number of rotatable bonds is 7. The number of hydrogen-bond donors (Lipinski definition) is 1. The molecule has 1 fully saturated rings. The molecule has 0 aromatic carbocycles. The molecule has 0 aliphatic carbocycles. The molecule has 2 amide bonds. The molecule has 0 unspecified atom stereocenters. The van der Waals surface area contributed by atoms with Gasteiger partial charge in [-0.3, -0.25) is 14.6 Å². The molecule has 8 heteroatoms. The number of carbonyl (C=O) groups is 2. The van der Waals surface area contributed by atoms with Crippen LogP contribution in [0.4, 0.5) is 5.82 Å². The Kier molecular flexibility index (Phi) is 5.73. The van der Waals surface area contributed by atoms with Crippen molar-refractivity contribution >= 4 is 17.6 Å². The zero-order valence-electron chi connectivity index (χ0n) is 13.9. The largest absolute Gasteiger partial charge is 0.363 e. The van der Waals surface area contributed by atoms with E-state index < -0.39 is 0 Å². The van der Waals surface area contributed by atoms with Gasteiger partial charge in [0.05, 0.1) is 0 Å². The highest BCUT2D eigenvalue weighted by Crippen LogP contribution is 2.09. The smallest absolute Gasteiger partial charge is 0.254 e. The van der Waals surface area contributed by atoms with Crippen LogP contribution in [0.1, 0.15) is 23.2 Å². The van der Waals surface area contributed by atoms with Gasteiger partial charge in [-0.2, -0.15) is 0 Å². The fourth-order valence-corrected chi connectivity index (χ4v) is 2.83. The van der Waals surface area contributed by atoms with E-state index in [0.717, 1.165) is 19.6 Å². The Bertz CT molecular complexity index is 684. The minimum Gasteiger partial charge on any atom is -0.363 e. The normalized spacial score (nSPS) is 14.4. The summed E-state index contributed by atoms with van der Waals surface area (Å²) in [5.74, 6) is -0.157. The fourth-order valence-electron chi connectivity index (χ4n) is 2.83. The van der Waals surface area contributed by atoms with E-state index in [2.05, 4.69) is 20.4 Å². The van der Waals surface area contributed by atoms with Gasteiger partial charge in [-0.15, -0.1) is 0 Å². The Balaban J connectivity index is 1.64. The van der Waals surface area contributed by atoms with Gasteiger partial charge in [0, 0.05) is 37.1 Å². The quantitative estimate of drug-likeness (QED) is 0.813. The highest BCUT2D eigenvalue weighted by atomic mass is 16.5. The summed E-state index contributed by atoms with van der Waals surface area (Å²) in [5.41, 5.74) is 0.519. The first kappa shape index (κ1) is 17.1. The number of nitrogens with one attached hydrogen (secondary N) is 1. The van der Waals surface area contributed by atoms with E-state index in [1.165, 1.54) is 19.1 Å². The molecule has 132 valence electrons. The molecule has 1 N–H and O–H groups in total. The molecule has 8 nitrogen and oxygen atoms in total. The standard InChI is InChI=1S/C17H21N5O3/c23-16(19-15-5-12-25-20-15)13-22(11-10-21-8-1-2-9-21)17(24)14-3-6-18-7-4-14/h3-7,12H,1-2,8-11,13H2,(H,19,20,23). The van der Waals surface area contributed by atoms with Crippen LogP contribution in [0, 0.1) is 0 Å². The summed E-state index contributed by atoms with van der Waals surface area (Å²) in [6.07, 6.45) is 6.89. The lowest BCUT2D eigenvalue weighted by Crippen LogP contribution is -2.42. The maximum Gasteiger partial charge on any atom is 0.254 e. The van der Waals surface area contributed by atoms with E-state index in [-0.39, 0.29) is 18.4 Å². The van der Waals surface area contributed by atoms with Gasteiger partial charge in [0.15, 0.2) is 5.82 Å². The molecule has 1 aliphatic rings. The van der Waals surface area contributed by atoms with E-state index in [0.29, 0.717) is 17.9 Å². The van der Waals surface area contributed by atoms with Crippen molar-refractivity contribution in [2.45, 2.75) is 12.8 Å². The van der Waals surface area contributed by atoms with Crippen LogP contribution in [0.5, 0.6) is 0 Å². The molecule has 0 radical (unpaired) electrons. The first-order valence-corrected chi connectivity index (χ1v) is 8.34. The van der Waals surface area contributed by atoms with Gasteiger partial charge in [-0.1, -0.05) is 5.16 Å². The van der Waals surface area contributed by atoms with Gasteiger partial charge in [0.2, 0.25) is 5.91 Å². The Morgan fingerprint density at radius 1 is 1.20 bits per heavy atom. The minimum absolute atomic E-state index is 0.0398. The van der Waals surface area contributed by atoms with Crippen molar-refractivity contribution in [3.05, 3.63) is 42.4 Å². The number of amides is 2. The van der Waals surface area contributed by atoms with E-state index in [9.17, 15) is 9.59 Å². The Labute approximate surface area is 145 Å². The molecule has 0 saturated carbocycles. The fraction of sp³-hybridized carbons (Fsp3) is 0.412. The van der Waals surface area contributed by atoms with Crippen LogP contribution < -0.4 is 5.32 Å². The SMILES string of the molecule is O=C(CN(CCN1CCCC1)C(=O)c1ccncc1)Nc1ccon1. The summed E-state index contributed by atoms with van der Waals surface area (Å²) in [6.45, 7) is 3.30. The maximum atomic E-state index is 12.8. The highest BCUT2D eigenvalue weighted by Gasteiger charge is 2.21. The van der Waals surface area contributed by atoms with Crippen LogP contribution in [0.15, 0.2) is 41.4 Å². The van der Waals surface area contributed by atoms with Gasteiger partial charge in [-0.05, 0) is 38.1 Å². The zero-order chi connectivity index (χ0) is 17.5. The summed E-state index contributed by atoms with van der Waals surface area (Å²) >= 11 is 0. The van der Waals surface area contributed by atoms with E-state index >= 15 is 0 Å². The van der Waals surface area contributed by atoms with E-state index in [1.54, 1.807) is 35.5 Å². The van der Waals surface area contributed by atoms with Crippen LogP contribution in [0.2, 0.25) is 0 Å². The van der Waals surface area contributed by atoms with Gasteiger partial charge >= 0.3 is 0 Å². The zero-order valence-corrected chi connectivity index (χ0v) is 13.9. The number of anilines is 1. The molecule has 25 heavy (non-hydrogen) atoms. The molecule has 3 heterocycles. The first-order chi connectivity index (χ1) is 12.2. The van der Waals surface area contributed by atoms with Crippen LogP contribution in [0.3, 0.4) is 0 Å². The summed E-state index contributed by atoms with van der Waals surface area (Å²) in [7, 11) is 0. The predicted molar refractivity (Wildman–Crippen MR) is 90.9 cm³/mol. The first-order valence-electron chi connectivity index (χ1n) is 8.34. The molecule has 1 aliphatic heterocycles. The third kappa shape index (κ3) is 4.87. The van der Waals surface area contributed by atoms with Crippen molar-refractivity contribution in [2.24, 2.45) is 0 Å². The number of aromatic nitrogens is 2. The van der Waals surface area contributed by atoms with Crippen LogP contribution in [-0.4, -0.2) is 64.5 Å². The van der Waals surface area contributed by atoms with Crippen molar-refractivity contribution < 1.29 is 14.1 Å². The summed E-state index contributed by atoms with van der Waals surface area (Å²) in [6, 6.07) is 4.86. The average Bonchev–Trinajstić information content (AvgIpc) is 3.32. The Hall–Kier alpha value is -2.74. The number of hydrogen-bond acceptors (Lipinski definition) is 6. The molecule has 0 spiro atoms. The molecule has 0 bridgehead atoms. The summed E-state index contributed by atoms with van der Waals surface area (Å²) < 4.78 is 4.69. The third-order valence-corrected chi connectivity index (χ3v) is 4.14. The third-order valence-electron chi connectivity index (χ3n) is 4.14. The lowest BCUT2D eigenvalue weighted by atomic mass is 10.2. The van der Waals surface area contributed by atoms with Crippen molar-refractivity contribution in [3.63, 3.8) is 0 Å². The monoisotopic (exact) mass is 343 g/mol. The molecule has 2 aromatic heterocycles. The van der Waals surface area contributed by atoms with Gasteiger partial charge in [-0.25, -0.2) is 0 Å². The molecule has 1 saturated heterocycles. The highest BCUT2D eigenvalue weighted by molar-refractivity contribution is 5.98. The number of nitrogens with zero attached hydrogens (tertiary/aromatic N) is 4. The summed E-state index contributed by atoms with van der Waals surface area (Å²) in [5, 5.41) is 6.27. The predicted octanol–water partition coefficient (Wildman–Crippen LogP) is 1.25. The van der Waals surface area contributed by atoms with Crippen molar-refractivity contribution in [1.82, 2.24) is 19.9 Å². The average molecular weight is 343 g/mol. The van der Waals surface area contributed by atoms with Crippen LogP contribution in [0.25, 0.3) is 0 Å². The lowest BCUT2D eigenvalue weighted by molar-refractivity contribution is -0.117. The number of pyridine rings is 1. The number of likely N-dealkylation sites (tertiary alicyclic amines) is 1. The van der Waals surface area contributed by atoms with Crippen LogP contribution >= 0.6 is 0 Å². The van der Waals surface area contributed by atoms with Gasteiger partial charge < -0.3 is 19.6 Å². The minimum atomic E-state index is -0.308. The van der Waals surface area contributed by atoms with Crippen LogP contribution in [-0.2, 0) is 4.79 Å². The second-order valence-electron chi connectivity index (χ2n) is 5.94. The Morgan fingerprint density at radius 2 is 1.96 bits per heavy atom.